The van der Waals surface area contributed by atoms with Gasteiger partial charge in [0.2, 0.25) is 0 Å². The third kappa shape index (κ3) is 3.22. The SMILES string of the molecule is C[C@@H](O)c1ccc(F)cc1OCc1ccc(Cl)s1. The molecule has 0 aliphatic carbocycles. The summed E-state index contributed by atoms with van der Waals surface area (Å²) in [6.07, 6.45) is -0.701. The Morgan fingerprint density at radius 3 is 2.78 bits per heavy atom. The third-order valence-corrected chi connectivity index (χ3v) is 3.63. The highest BCUT2D eigenvalue weighted by molar-refractivity contribution is 7.16. The molecule has 0 unspecified atom stereocenters. The van der Waals surface area contributed by atoms with Crippen LogP contribution in [0.2, 0.25) is 4.34 Å². The first kappa shape index (κ1) is 13.3. The first-order valence-electron chi connectivity index (χ1n) is 5.41. The van der Waals surface area contributed by atoms with Crippen molar-refractivity contribution in [2.24, 2.45) is 0 Å². The zero-order valence-electron chi connectivity index (χ0n) is 9.69. The number of thiophene rings is 1. The van der Waals surface area contributed by atoms with Crippen LogP contribution < -0.4 is 4.74 Å². The molecular weight excluding hydrogens is 275 g/mol. The predicted octanol–water partition coefficient (Wildman–Crippen LogP) is 4.17. The molecule has 1 aromatic carbocycles. The van der Waals surface area contributed by atoms with E-state index < -0.39 is 11.9 Å². The molecule has 1 aromatic heterocycles. The Morgan fingerprint density at radius 1 is 1.39 bits per heavy atom. The highest BCUT2D eigenvalue weighted by Crippen LogP contribution is 2.28. The minimum absolute atomic E-state index is 0.306. The van der Waals surface area contributed by atoms with Gasteiger partial charge in [-0.05, 0) is 31.2 Å². The summed E-state index contributed by atoms with van der Waals surface area (Å²) in [4.78, 5) is 0.945. The Labute approximate surface area is 114 Å². The fourth-order valence-electron chi connectivity index (χ4n) is 1.56. The monoisotopic (exact) mass is 286 g/mol. The number of hydrogen-bond acceptors (Lipinski definition) is 3. The van der Waals surface area contributed by atoms with Crippen LogP contribution in [0.1, 0.15) is 23.5 Å². The number of benzene rings is 1. The molecule has 0 aliphatic rings. The smallest absolute Gasteiger partial charge is 0.128 e. The lowest BCUT2D eigenvalue weighted by atomic mass is 10.1. The average Bonchev–Trinajstić information content (AvgIpc) is 2.72. The Hall–Kier alpha value is -1.10. The zero-order chi connectivity index (χ0) is 13.1. The first-order valence-corrected chi connectivity index (χ1v) is 6.60. The van der Waals surface area contributed by atoms with E-state index in [0.29, 0.717) is 22.3 Å². The fraction of sp³-hybridized carbons (Fsp3) is 0.231. The van der Waals surface area contributed by atoms with Crippen molar-refractivity contribution in [2.45, 2.75) is 19.6 Å². The molecule has 0 saturated carbocycles. The topological polar surface area (TPSA) is 29.5 Å². The first-order chi connectivity index (χ1) is 8.56. The Kier molecular flexibility index (Phi) is 4.22. The van der Waals surface area contributed by atoms with E-state index in [-0.39, 0.29) is 0 Å². The van der Waals surface area contributed by atoms with E-state index in [1.165, 1.54) is 29.5 Å². The standard InChI is InChI=1S/C13H12ClFO2S/c1-8(16)11-4-2-9(15)6-12(11)17-7-10-3-5-13(14)18-10/h2-6,8,16H,7H2,1H3/t8-/m1/s1. The van der Waals surface area contributed by atoms with Gasteiger partial charge in [0.25, 0.3) is 0 Å². The van der Waals surface area contributed by atoms with Gasteiger partial charge < -0.3 is 9.84 Å². The molecule has 0 fully saturated rings. The number of ether oxygens (including phenoxy) is 1. The summed E-state index contributed by atoms with van der Waals surface area (Å²) >= 11 is 7.22. The molecule has 1 heterocycles. The molecule has 0 bridgehead atoms. The zero-order valence-corrected chi connectivity index (χ0v) is 11.3. The number of hydrogen-bond donors (Lipinski definition) is 1. The van der Waals surface area contributed by atoms with Gasteiger partial charge >= 0.3 is 0 Å². The summed E-state index contributed by atoms with van der Waals surface area (Å²) in [7, 11) is 0. The lowest BCUT2D eigenvalue weighted by molar-refractivity contribution is 0.190. The second-order valence-electron chi connectivity index (χ2n) is 3.85. The van der Waals surface area contributed by atoms with Gasteiger partial charge in [0.05, 0.1) is 10.4 Å². The summed E-state index contributed by atoms with van der Waals surface area (Å²) in [5.74, 6) is -0.0341. The van der Waals surface area contributed by atoms with Gasteiger partial charge in [-0.2, -0.15) is 0 Å². The molecule has 5 heteroatoms. The molecule has 0 radical (unpaired) electrons. The number of aliphatic hydroxyl groups excluding tert-OH is 1. The van der Waals surface area contributed by atoms with Gasteiger partial charge in [-0.3, -0.25) is 0 Å². The van der Waals surface area contributed by atoms with Crippen LogP contribution in [0.4, 0.5) is 4.39 Å². The van der Waals surface area contributed by atoms with Crippen molar-refractivity contribution >= 4 is 22.9 Å². The number of halogens is 2. The second kappa shape index (κ2) is 5.69. The van der Waals surface area contributed by atoms with Crippen LogP contribution in [0.15, 0.2) is 30.3 Å². The van der Waals surface area contributed by atoms with Gasteiger partial charge in [0.15, 0.2) is 0 Å². The van der Waals surface area contributed by atoms with Crippen molar-refractivity contribution in [1.82, 2.24) is 0 Å². The Bertz CT molecular complexity index is 540. The van der Waals surface area contributed by atoms with Gasteiger partial charge in [-0.25, -0.2) is 4.39 Å². The van der Waals surface area contributed by atoms with Crippen molar-refractivity contribution in [2.75, 3.05) is 0 Å². The molecule has 2 aromatic rings. The van der Waals surface area contributed by atoms with Crippen LogP contribution in [-0.4, -0.2) is 5.11 Å². The predicted molar refractivity (Wildman–Crippen MR) is 70.7 cm³/mol. The summed E-state index contributed by atoms with van der Waals surface area (Å²) in [5, 5.41) is 9.58. The van der Waals surface area contributed by atoms with Crippen LogP contribution in [-0.2, 0) is 6.61 Å². The van der Waals surface area contributed by atoms with Gasteiger partial charge in [-0.15, -0.1) is 11.3 Å². The largest absolute Gasteiger partial charge is 0.488 e. The van der Waals surface area contributed by atoms with Crippen LogP contribution in [0.5, 0.6) is 5.75 Å². The molecule has 0 spiro atoms. The van der Waals surface area contributed by atoms with Crippen LogP contribution in [0, 0.1) is 5.82 Å². The third-order valence-electron chi connectivity index (χ3n) is 2.42. The molecule has 96 valence electrons. The fourth-order valence-corrected chi connectivity index (χ4v) is 2.56. The molecule has 1 atom stereocenters. The number of rotatable bonds is 4. The normalized spacial score (nSPS) is 12.4. The van der Waals surface area contributed by atoms with Crippen LogP contribution in [0.3, 0.4) is 0 Å². The summed E-state index contributed by atoms with van der Waals surface area (Å²) in [6.45, 7) is 1.92. The molecule has 2 nitrogen and oxygen atoms in total. The molecule has 0 saturated heterocycles. The van der Waals surface area contributed by atoms with Crippen molar-refractivity contribution in [3.05, 3.63) is 50.9 Å². The number of aliphatic hydroxyl groups is 1. The molecular formula is C13H12ClFO2S. The molecule has 18 heavy (non-hydrogen) atoms. The van der Waals surface area contributed by atoms with Gasteiger partial charge in [0, 0.05) is 16.5 Å². The van der Waals surface area contributed by atoms with Gasteiger partial charge in [-0.1, -0.05) is 11.6 Å². The Morgan fingerprint density at radius 2 is 2.17 bits per heavy atom. The van der Waals surface area contributed by atoms with E-state index in [1.54, 1.807) is 13.0 Å². The van der Waals surface area contributed by atoms with E-state index >= 15 is 0 Å². The van der Waals surface area contributed by atoms with Crippen LogP contribution in [0.25, 0.3) is 0 Å². The summed E-state index contributed by atoms with van der Waals surface area (Å²) < 4.78 is 19.4. The summed E-state index contributed by atoms with van der Waals surface area (Å²) in [6, 6.07) is 7.74. The van der Waals surface area contributed by atoms with Crippen molar-refractivity contribution in [1.29, 1.82) is 0 Å². The van der Waals surface area contributed by atoms with E-state index in [0.717, 1.165) is 4.88 Å². The molecule has 0 amide bonds. The maximum Gasteiger partial charge on any atom is 0.128 e. The maximum atomic E-state index is 13.2. The molecule has 0 aliphatic heterocycles. The molecule has 1 N–H and O–H groups in total. The lowest BCUT2D eigenvalue weighted by Crippen LogP contribution is -2.00. The highest BCUT2D eigenvalue weighted by Gasteiger charge is 2.11. The highest BCUT2D eigenvalue weighted by atomic mass is 35.5. The maximum absolute atomic E-state index is 13.2. The van der Waals surface area contributed by atoms with Crippen molar-refractivity contribution in [3.63, 3.8) is 0 Å². The van der Waals surface area contributed by atoms with E-state index in [9.17, 15) is 9.50 Å². The van der Waals surface area contributed by atoms with Crippen molar-refractivity contribution in [3.8, 4) is 5.75 Å². The van der Waals surface area contributed by atoms with Gasteiger partial charge in [0.1, 0.15) is 18.2 Å². The summed E-state index contributed by atoms with van der Waals surface area (Å²) in [5.41, 5.74) is 0.569. The second-order valence-corrected chi connectivity index (χ2v) is 5.65. The van der Waals surface area contributed by atoms with E-state index in [1.807, 2.05) is 6.07 Å². The Balaban J connectivity index is 2.15. The minimum Gasteiger partial charge on any atom is -0.488 e. The average molecular weight is 287 g/mol. The molecule has 2 rings (SSSR count). The minimum atomic E-state index is -0.701. The van der Waals surface area contributed by atoms with Crippen molar-refractivity contribution < 1.29 is 14.2 Å². The lowest BCUT2D eigenvalue weighted by Gasteiger charge is -2.12. The quantitative estimate of drug-likeness (QED) is 0.914. The van der Waals surface area contributed by atoms with E-state index in [2.05, 4.69) is 0 Å². The van der Waals surface area contributed by atoms with E-state index in [4.69, 9.17) is 16.3 Å². The van der Waals surface area contributed by atoms with Crippen LogP contribution >= 0.6 is 22.9 Å².